The van der Waals surface area contributed by atoms with E-state index in [-0.39, 0.29) is 6.04 Å². The third kappa shape index (κ3) is 3.04. The van der Waals surface area contributed by atoms with E-state index >= 15 is 0 Å². The van der Waals surface area contributed by atoms with Gasteiger partial charge in [-0.05, 0) is 30.7 Å². The van der Waals surface area contributed by atoms with Gasteiger partial charge in [-0.2, -0.15) is 0 Å². The highest BCUT2D eigenvalue weighted by Crippen LogP contribution is 2.20. The van der Waals surface area contributed by atoms with Gasteiger partial charge in [0.15, 0.2) is 0 Å². The van der Waals surface area contributed by atoms with E-state index in [1.54, 1.807) is 11.3 Å². The largest absolute Gasteiger partial charge is 0.378 e. The van der Waals surface area contributed by atoms with Crippen LogP contribution in [0.1, 0.15) is 24.3 Å². The summed E-state index contributed by atoms with van der Waals surface area (Å²) in [7, 11) is 0. The van der Waals surface area contributed by atoms with Gasteiger partial charge in [0.1, 0.15) is 0 Å². The third-order valence-corrected chi connectivity index (χ3v) is 4.22. The SMILES string of the molecule is CC1OCCC1CNCC(N)c1cccs1. The lowest BCUT2D eigenvalue weighted by molar-refractivity contribution is 0.105. The van der Waals surface area contributed by atoms with Crippen molar-refractivity contribution in [2.75, 3.05) is 19.7 Å². The van der Waals surface area contributed by atoms with Crippen molar-refractivity contribution < 1.29 is 4.74 Å². The standard InChI is InChI=1S/C12H20N2OS/c1-9-10(4-5-15-9)7-14-8-11(13)12-3-2-6-16-12/h2-3,6,9-11,14H,4-5,7-8,13H2,1H3. The van der Waals surface area contributed by atoms with Gasteiger partial charge in [-0.3, -0.25) is 0 Å². The second kappa shape index (κ2) is 5.77. The molecule has 3 atom stereocenters. The van der Waals surface area contributed by atoms with Crippen molar-refractivity contribution in [1.82, 2.24) is 5.32 Å². The molecule has 4 heteroatoms. The first-order valence-corrected chi connectivity index (χ1v) is 6.76. The Morgan fingerprint density at radius 2 is 2.56 bits per heavy atom. The maximum absolute atomic E-state index is 6.08. The highest BCUT2D eigenvalue weighted by atomic mass is 32.1. The van der Waals surface area contributed by atoms with Gasteiger partial charge >= 0.3 is 0 Å². The molecule has 0 aliphatic carbocycles. The molecule has 2 heterocycles. The smallest absolute Gasteiger partial charge is 0.0588 e. The maximum Gasteiger partial charge on any atom is 0.0588 e. The molecule has 1 aliphatic rings. The summed E-state index contributed by atoms with van der Waals surface area (Å²) >= 11 is 1.72. The van der Waals surface area contributed by atoms with Crippen molar-refractivity contribution in [1.29, 1.82) is 0 Å². The van der Waals surface area contributed by atoms with Crippen LogP contribution < -0.4 is 11.1 Å². The van der Waals surface area contributed by atoms with Crippen LogP contribution in [0, 0.1) is 5.92 Å². The van der Waals surface area contributed by atoms with Gasteiger partial charge in [0.2, 0.25) is 0 Å². The minimum Gasteiger partial charge on any atom is -0.378 e. The Bertz CT molecular complexity index is 302. The van der Waals surface area contributed by atoms with E-state index in [4.69, 9.17) is 10.5 Å². The van der Waals surface area contributed by atoms with Crippen molar-refractivity contribution in [2.45, 2.75) is 25.5 Å². The summed E-state index contributed by atoms with van der Waals surface area (Å²) in [6, 6.07) is 4.27. The summed E-state index contributed by atoms with van der Waals surface area (Å²) in [4.78, 5) is 1.25. The Morgan fingerprint density at radius 3 is 3.19 bits per heavy atom. The number of hydrogen-bond acceptors (Lipinski definition) is 4. The summed E-state index contributed by atoms with van der Waals surface area (Å²) in [5, 5.41) is 5.52. The number of ether oxygens (including phenoxy) is 1. The van der Waals surface area contributed by atoms with Gasteiger partial charge < -0.3 is 15.8 Å². The quantitative estimate of drug-likeness (QED) is 0.824. The zero-order chi connectivity index (χ0) is 11.4. The van der Waals surface area contributed by atoms with Crippen molar-refractivity contribution in [3.05, 3.63) is 22.4 Å². The average molecular weight is 240 g/mol. The number of thiophene rings is 1. The topological polar surface area (TPSA) is 47.3 Å². The first kappa shape index (κ1) is 12.0. The molecule has 3 unspecified atom stereocenters. The number of rotatable bonds is 5. The molecule has 1 aliphatic heterocycles. The predicted octanol–water partition coefficient (Wildman–Crippen LogP) is 1.76. The molecule has 0 aromatic carbocycles. The minimum atomic E-state index is 0.123. The lowest BCUT2D eigenvalue weighted by Crippen LogP contribution is -2.32. The summed E-state index contributed by atoms with van der Waals surface area (Å²) in [6.07, 6.45) is 1.56. The molecule has 3 nitrogen and oxygen atoms in total. The number of nitrogens with two attached hydrogens (primary N) is 1. The number of hydrogen-bond donors (Lipinski definition) is 2. The van der Waals surface area contributed by atoms with Crippen LogP contribution in [0.25, 0.3) is 0 Å². The molecule has 16 heavy (non-hydrogen) atoms. The predicted molar refractivity (Wildman–Crippen MR) is 67.6 cm³/mol. The van der Waals surface area contributed by atoms with E-state index in [1.807, 2.05) is 6.07 Å². The van der Waals surface area contributed by atoms with Crippen LogP contribution in [-0.4, -0.2) is 25.8 Å². The van der Waals surface area contributed by atoms with Crippen LogP contribution in [0.4, 0.5) is 0 Å². The van der Waals surface area contributed by atoms with Crippen molar-refractivity contribution in [3.63, 3.8) is 0 Å². The Balaban J connectivity index is 1.68. The fraction of sp³-hybridized carbons (Fsp3) is 0.667. The van der Waals surface area contributed by atoms with E-state index in [0.717, 1.165) is 19.7 Å². The lowest BCUT2D eigenvalue weighted by Gasteiger charge is -2.16. The van der Waals surface area contributed by atoms with Crippen LogP contribution in [0.2, 0.25) is 0 Å². The molecule has 0 spiro atoms. The third-order valence-electron chi connectivity index (χ3n) is 3.21. The van der Waals surface area contributed by atoms with Crippen LogP contribution >= 0.6 is 11.3 Å². The molecule has 1 aromatic heterocycles. The van der Waals surface area contributed by atoms with Gasteiger partial charge in [-0.15, -0.1) is 11.3 Å². The fourth-order valence-corrected chi connectivity index (χ4v) is 2.80. The van der Waals surface area contributed by atoms with Gasteiger partial charge in [-0.25, -0.2) is 0 Å². The zero-order valence-corrected chi connectivity index (χ0v) is 10.5. The molecule has 1 saturated heterocycles. The normalized spacial score (nSPS) is 27.1. The van der Waals surface area contributed by atoms with Gasteiger partial charge in [0, 0.05) is 24.6 Å². The molecule has 0 bridgehead atoms. The maximum atomic E-state index is 6.08. The highest BCUT2D eigenvalue weighted by molar-refractivity contribution is 7.10. The zero-order valence-electron chi connectivity index (χ0n) is 9.69. The van der Waals surface area contributed by atoms with Crippen LogP contribution in [0.15, 0.2) is 17.5 Å². The Labute approximate surface area is 101 Å². The first-order valence-electron chi connectivity index (χ1n) is 5.88. The van der Waals surface area contributed by atoms with Gasteiger partial charge in [-0.1, -0.05) is 6.07 Å². The van der Waals surface area contributed by atoms with Crippen LogP contribution in [0.5, 0.6) is 0 Å². The van der Waals surface area contributed by atoms with E-state index in [1.165, 1.54) is 11.3 Å². The number of nitrogens with one attached hydrogen (secondary N) is 1. The van der Waals surface area contributed by atoms with Crippen LogP contribution in [-0.2, 0) is 4.74 Å². The van der Waals surface area contributed by atoms with Gasteiger partial charge in [0.25, 0.3) is 0 Å². The summed E-state index contributed by atoms with van der Waals surface area (Å²) < 4.78 is 5.53. The molecule has 1 fully saturated rings. The molecular weight excluding hydrogens is 220 g/mol. The molecule has 3 N–H and O–H groups in total. The highest BCUT2D eigenvalue weighted by Gasteiger charge is 2.23. The van der Waals surface area contributed by atoms with Crippen molar-refractivity contribution in [2.24, 2.45) is 11.7 Å². The van der Waals surface area contributed by atoms with E-state index < -0.39 is 0 Å². The fourth-order valence-electron chi connectivity index (χ4n) is 2.07. The molecule has 0 radical (unpaired) electrons. The molecule has 0 saturated carbocycles. The molecular formula is C12H20N2OS. The Morgan fingerprint density at radius 1 is 1.69 bits per heavy atom. The van der Waals surface area contributed by atoms with Gasteiger partial charge in [0.05, 0.1) is 12.1 Å². The Hall–Kier alpha value is -0.420. The molecule has 90 valence electrons. The average Bonchev–Trinajstić information content (AvgIpc) is 2.90. The Kier molecular flexibility index (Phi) is 4.35. The molecule has 1 aromatic rings. The second-order valence-corrected chi connectivity index (χ2v) is 5.38. The summed E-state index contributed by atoms with van der Waals surface area (Å²) in [5.41, 5.74) is 6.08. The van der Waals surface area contributed by atoms with Crippen molar-refractivity contribution in [3.8, 4) is 0 Å². The van der Waals surface area contributed by atoms with Crippen molar-refractivity contribution >= 4 is 11.3 Å². The minimum absolute atomic E-state index is 0.123. The van der Waals surface area contributed by atoms with E-state index in [9.17, 15) is 0 Å². The summed E-state index contributed by atoms with van der Waals surface area (Å²) in [6.45, 7) is 4.92. The molecule has 0 amide bonds. The molecule has 2 rings (SSSR count). The lowest BCUT2D eigenvalue weighted by atomic mass is 10.0. The van der Waals surface area contributed by atoms with E-state index in [0.29, 0.717) is 12.0 Å². The van der Waals surface area contributed by atoms with Crippen LogP contribution in [0.3, 0.4) is 0 Å². The monoisotopic (exact) mass is 240 g/mol. The van der Waals surface area contributed by atoms with E-state index in [2.05, 4.69) is 23.7 Å². The second-order valence-electron chi connectivity index (χ2n) is 4.40. The first-order chi connectivity index (χ1) is 7.77. The summed E-state index contributed by atoms with van der Waals surface area (Å²) in [5.74, 6) is 0.649.